The lowest BCUT2D eigenvalue weighted by Crippen LogP contribution is -2.50. The van der Waals surface area contributed by atoms with Gasteiger partial charge in [-0.1, -0.05) is 0 Å². The molecule has 1 fully saturated rings. The molecule has 0 saturated carbocycles. The number of rotatable bonds is 1. The van der Waals surface area contributed by atoms with E-state index in [0.717, 1.165) is 25.7 Å². The first-order chi connectivity index (χ1) is 7.84. The summed E-state index contributed by atoms with van der Waals surface area (Å²) in [5.74, 6) is 0. The van der Waals surface area contributed by atoms with Gasteiger partial charge in [0.05, 0.1) is 12.0 Å². The number of fused-ring (bicyclic) bond motifs is 1. The number of aromatic nitrogens is 2. The summed E-state index contributed by atoms with van der Waals surface area (Å²) in [6.07, 6.45) is 4.51. The Bertz CT molecular complexity index is 365. The zero-order chi connectivity index (χ0) is 11.0. The SMILES string of the molecule is Cc1ncn2c1CCC(N1CCNCC1)C2. The highest BCUT2D eigenvalue weighted by Crippen LogP contribution is 2.21. The maximum Gasteiger partial charge on any atom is 0.0952 e. The van der Waals surface area contributed by atoms with Crippen molar-refractivity contribution in [2.75, 3.05) is 26.2 Å². The van der Waals surface area contributed by atoms with Crippen molar-refractivity contribution < 1.29 is 0 Å². The van der Waals surface area contributed by atoms with Crippen molar-refractivity contribution in [1.29, 1.82) is 0 Å². The second-order valence-electron chi connectivity index (χ2n) is 4.91. The third-order valence-corrected chi connectivity index (χ3v) is 3.94. The van der Waals surface area contributed by atoms with Crippen molar-refractivity contribution in [3.63, 3.8) is 0 Å². The molecule has 1 aromatic rings. The summed E-state index contributed by atoms with van der Waals surface area (Å²) in [4.78, 5) is 7.04. The van der Waals surface area contributed by atoms with Gasteiger partial charge in [-0.3, -0.25) is 4.90 Å². The minimum absolute atomic E-state index is 0.725. The van der Waals surface area contributed by atoms with E-state index >= 15 is 0 Å². The Morgan fingerprint density at radius 3 is 3.00 bits per heavy atom. The molecule has 2 aliphatic rings. The molecule has 2 aliphatic heterocycles. The average Bonchev–Trinajstić information content (AvgIpc) is 2.72. The predicted octanol–water partition coefficient (Wildman–Crippen LogP) is 0.412. The van der Waals surface area contributed by atoms with Gasteiger partial charge in [0.15, 0.2) is 0 Å². The van der Waals surface area contributed by atoms with Crippen LogP contribution in [0.5, 0.6) is 0 Å². The maximum atomic E-state index is 4.41. The van der Waals surface area contributed by atoms with Crippen LogP contribution in [-0.4, -0.2) is 46.7 Å². The summed E-state index contributed by atoms with van der Waals surface area (Å²) >= 11 is 0. The van der Waals surface area contributed by atoms with Gasteiger partial charge in [0.1, 0.15) is 0 Å². The van der Waals surface area contributed by atoms with E-state index < -0.39 is 0 Å². The number of nitrogens with one attached hydrogen (secondary N) is 1. The van der Waals surface area contributed by atoms with Crippen LogP contribution >= 0.6 is 0 Å². The van der Waals surface area contributed by atoms with Crippen molar-refractivity contribution in [1.82, 2.24) is 19.8 Å². The van der Waals surface area contributed by atoms with Crippen molar-refractivity contribution >= 4 is 0 Å². The second-order valence-corrected chi connectivity index (χ2v) is 4.91. The van der Waals surface area contributed by atoms with Crippen LogP contribution < -0.4 is 5.32 Å². The number of nitrogens with zero attached hydrogens (tertiary/aromatic N) is 3. The van der Waals surface area contributed by atoms with E-state index in [1.807, 2.05) is 6.33 Å². The molecule has 0 amide bonds. The Morgan fingerprint density at radius 1 is 1.38 bits per heavy atom. The molecular formula is C12H20N4. The van der Waals surface area contributed by atoms with E-state index in [1.54, 1.807) is 0 Å². The van der Waals surface area contributed by atoms with E-state index in [-0.39, 0.29) is 0 Å². The number of aryl methyl sites for hydroxylation is 1. The molecule has 16 heavy (non-hydrogen) atoms. The quantitative estimate of drug-likeness (QED) is 0.744. The Labute approximate surface area is 96.7 Å². The van der Waals surface area contributed by atoms with Crippen molar-refractivity contribution in [2.45, 2.75) is 32.4 Å². The summed E-state index contributed by atoms with van der Waals surface area (Å²) in [7, 11) is 0. The highest BCUT2D eigenvalue weighted by molar-refractivity contribution is 5.14. The van der Waals surface area contributed by atoms with Gasteiger partial charge in [0.25, 0.3) is 0 Å². The smallest absolute Gasteiger partial charge is 0.0952 e. The minimum atomic E-state index is 0.725. The first-order valence-corrected chi connectivity index (χ1v) is 6.30. The number of hydrogen-bond donors (Lipinski definition) is 1. The molecule has 0 spiro atoms. The van der Waals surface area contributed by atoms with E-state index in [2.05, 4.69) is 26.7 Å². The standard InChI is InChI=1S/C12H20N4/c1-10-12-3-2-11(8-16(12)9-14-10)15-6-4-13-5-7-15/h9,11,13H,2-8H2,1H3. The molecule has 3 heterocycles. The maximum absolute atomic E-state index is 4.41. The van der Waals surface area contributed by atoms with Crippen molar-refractivity contribution in [3.05, 3.63) is 17.7 Å². The van der Waals surface area contributed by atoms with Crippen LogP contribution in [0.4, 0.5) is 0 Å². The van der Waals surface area contributed by atoms with Gasteiger partial charge < -0.3 is 9.88 Å². The summed E-state index contributed by atoms with van der Waals surface area (Å²) in [6, 6.07) is 0.725. The highest BCUT2D eigenvalue weighted by Gasteiger charge is 2.25. The fourth-order valence-electron chi connectivity index (χ4n) is 2.96. The van der Waals surface area contributed by atoms with E-state index in [1.165, 1.54) is 37.3 Å². The molecule has 1 aromatic heterocycles. The molecule has 0 aromatic carbocycles. The molecule has 88 valence electrons. The first-order valence-electron chi connectivity index (χ1n) is 6.30. The van der Waals surface area contributed by atoms with Gasteiger partial charge in [-0.05, 0) is 19.8 Å². The molecule has 1 unspecified atom stereocenters. The predicted molar refractivity (Wildman–Crippen MR) is 63.5 cm³/mol. The molecule has 4 nitrogen and oxygen atoms in total. The van der Waals surface area contributed by atoms with Gasteiger partial charge in [-0.15, -0.1) is 0 Å². The van der Waals surface area contributed by atoms with E-state index in [4.69, 9.17) is 0 Å². The molecule has 1 atom stereocenters. The third-order valence-electron chi connectivity index (χ3n) is 3.94. The summed E-state index contributed by atoms with van der Waals surface area (Å²) < 4.78 is 2.35. The first kappa shape index (κ1) is 10.3. The fourth-order valence-corrected chi connectivity index (χ4v) is 2.96. The Morgan fingerprint density at radius 2 is 2.19 bits per heavy atom. The van der Waals surface area contributed by atoms with Gasteiger partial charge in [0, 0.05) is 44.5 Å². The summed E-state index contributed by atoms with van der Waals surface area (Å²) in [5, 5.41) is 3.42. The zero-order valence-electron chi connectivity index (χ0n) is 9.95. The van der Waals surface area contributed by atoms with Crippen molar-refractivity contribution in [3.8, 4) is 0 Å². The Kier molecular flexibility index (Phi) is 2.69. The number of hydrogen-bond acceptors (Lipinski definition) is 3. The Hall–Kier alpha value is -0.870. The van der Waals surface area contributed by atoms with Crippen LogP contribution in [0.3, 0.4) is 0 Å². The lowest BCUT2D eigenvalue weighted by atomic mass is 10.0. The van der Waals surface area contributed by atoms with E-state index in [0.29, 0.717) is 0 Å². The summed E-state index contributed by atoms with van der Waals surface area (Å²) in [5.41, 5.74) is 2.67. The molecule has 1 saturated heterocycles. The van der Waals surface area contributed by atoms with Crippen LogP contribution in [0.2, 0.25) is 0 Å². The summed E-state index contributed by atoms with van der Waals surface area (Å²) in [6.45, 7) is 7.95. The number of piperazine rings is 1. The lowest BCUT2D eigenvalue weighted by Gasteiger charge is -2.37. The lowest BCUT2D eigenvalue weighted by molar-refractivity contribution is 0.139. The van der Waals surface area contributed by atoms with Crippen LogP contribution in [-0.2, 0) is 13.0 Å². The van der Waals surface area contributed by atoms with Gasteiger partial charge in [0.2, 0.25) is 0 Å². The molecule has 0 bridgehead atoms. The monoisotopic (exact) mass is 220 g/mol. The molecule has 4 heteroatoms. The molecule has 0 aliphatic carbocycles. The third kappa shape index (κ3) is 1.76. The normalized spacial score (nSPS) is 26.7. The van der Waals surface area contributed by atoms with Gasteiger partial charge in [-0.2, -0.15) is 0 Å². The van der Waals surface area contributed by atoms with Crippen LogP contribution in [0, 0.1) is 6.92 Å². The van der Waals surface area contributed by atoms with Crippen LogP contribution in [0.15, 0.2) is 6.33 Å². The van der Waals surface area contributed by atoms with Crippen LogP contribution in [0.25, 0.3) is 0 Å². The second kappa shape index (κ2) is 4.18. The van der Waals surface area contributed by atoms with Gasteiger partial charge >= 0.3 is 0 Å². The zero-order valence-corrected chi connectivity index (χ0v) is 9.95. The largest absolute Gasteiger partial charge is 0.333 e. The average molecular weight is 220 g/mol. The van der Waals surface area contributed by atoms with Crippen molar-refractivity contribution in [2.24, 2.45) is 0 Å². The molecule has 3 rings (SSSR count). The van der Waals surface area contributed by atoms with Gasteiger partial charge in [-0.25, -0.2) is 4.98 Å². The molecular weight excluding hydrogens is 200 g/mol. The Balaban J connectivity index is 1.72. The topological polar surface area (TPSA) is 33.1 Å². The van der Waals surface area contributed by atoms with Crippen LogP contribution in [0.1, 0.15) is 17.8 Å². The molecule has 0 radical (unpaired) electrons. The fraction of sp³-hybridized carbons (Fsp3) is 0.750. The highest BCUT2D eigenvalue weighted by atomic mass is 15.2. The number of imidazole rings is 1. The molecule has 1 N–H and O–H groups in total. The van der Waals surface area contributed by atoms with E-state index in [9.17, 15) is 0 Å². The minimum Gasteiger partial charge on any atom is -0.333 e.